The summed E-state index contributed by atoms with van der Waals surface area (Å²) in [6.45, 7) is 0. The molecule has 0 saturated heterocycles. The predicted molar refractivity (Wildman–Crippen MR) is 0 cm³/mol. The molecule has 0 rings (SSSR count). The van der Waals surface area contributed by atoms with E-state index in [1.165, 1.54) is 0 Å². The first-order valence-electron chi connectivity index (χ1n) is 0. The fraction of sp³-hybridized carbons (Fsp3) is 0. The van der Waals surface area contributed by atoms with E-state index in [-0.39, 0.29) is 115 Å². The molecule has 0 amide bonds. The zero-order valence-electron chi connectivity index (χ0n) is 4.15. The van der Waals surface area contributed by atoms with Crippen LogP contribution in [0, 0.1) is 31.1 Å². The Kier molecular flexibility index (Phi) is 4780. The Labute approximate surface area is 113 Å². The number of rotatable bonds is 0. The van der Waals surface area contributed by atoms with Crippen molar-refractivity contribution in [3.05, 3.63) is 0 Å². The largest absolute Gasteiger partial charge is 6.00 e. The number of hydrogen-bond donors (Lipinski definition) is 0. The van der Waals surface area contributed by atoms with Crippen molar-refractivity contribution in [2.24, 2.45) is 0 Å². The summed E-state index contributed by atoms with van der Waals surface area (Å²) < 4.78 is 0. The standard InChI is InChI=1S/7FH.K.U/h7*1H;;/q;;;;;;;+1;+6/p-7. The molecule has 0 aliphatic carbocycles. The molecule has 0 aliphatic rings. The summed E-state index contributed by atoms with van der Waals surface area (Å²) in [5.74, 6) is 0. The van der Waals surface area contributed by atoms with E-state index in [1.54, 1.807) is 0 Å². The van der Waals surface area contributed by atoms with Gasteiger partial charge in [-0.25, -0.2) is 0 Å². The smallest absolute Gasteiger partial charge is 1.00 e. The van der Waals surface area contributed by atoms with Crippen LogP contribution in [0.2, 0.25) is 0 Å². The Morgan fingerprint density at radius 2 is 0.333 bits per heavy atom. The fourth-order valence-electron chi connectivity index (χ4n) is 0. The molecule has 0 aromatic rings. The molecule has 0 nitrogen and oxygen atoms in total. The summed E-state index contributed by atoms with van der Waals surface area (Å²) in [5.41, 5.74) is 0. The molecule has 0 heterocycles. The molecular formula is F7KU. The molecule has 54 valence electrons. The summed E-state index contributed by atoms with van der Waals surface area (Å²) in [6.07, 6.45) is 0. The number of halogens is 7. The second-order valence-electron chi connectivity index (χ2n) is 0. The summed E-state index contributed by atoms with van der Waals surface area (Å²) >= 11 is 0. The molecule has 0 fully saturated rings. The van der Waals surface area contributed by atoms with Gasteiger partial charge >= 0.3 is 82.5 Å². The van der Waals surface area contributed by atoms with Gasteiger partial charge in [0, 0.05) is 0 Å². The maximum Gasteiger partial charge on any atom is 6.00 e. The predicted octanol–water partition coefficient (Wildman–Crippen LogP) is -24.0. The molecule has 0 spiro atoms. The van der Waals surface area contributed by atoms with Gasteiger partial charge in [0.1, 0.15) is 0 Å². The first-order chi connectivity index (χ1) is 0. The molecule has 0 atom stereocenters. The van der Waals surface area contributed by atoms with Gasteiger partial charge in [-0.05, 0) is 0 Å². The molecule has 0 saturated carbocycles. The second-order valence-corrected chi connectivity index (χ2v) is 0. The van der Waals surface area contributed by atoms with Gasteiger partial charge in [0.05, 0.1) is 0 Å². The van der Waals surface area contributed by atoms with Crippen LogP contribution in [0.3, 0.4) is 0 Å². The molecule has 0 N–H and O–H groups in total. The minimum Gasteiger partial charge on any atom is -1.00 e. The van der Waals surface area contributed by atoms with Crippen molar-refractivity contribution in [2.75, 3.05) is 0 Å². The van der Waals surface area contributed by atoms with Gasteiger partial charge in [0.2, 0.25) is 0 Å². The Morgan fingerprint density at radius 1 is 0.333 bits per heavy atom. The quantitative estimate of drug-likeness (QED) is 0.275. The molecule has 0 radical (unpaired) electrons. The van der Waals surface area contributed by atoms with Gasteiger partial charge in [-0.2, -0.15) is 0 Å². The normalized spacial score (nSPS) is 0. The van der Waals surface area contributed by atoms with Crippen LogP contribution in [0.4, 0.5) is 0 Å². The fourth-order valence-corrected chi connectivity index (χ4v) is 0. The average Bonchev–Trinajstić information content (AvgIpc) is 0. The summed E-state index contributed by atoms with van der Waals surface area (Å²) in [5, 5.41) is 0. The van der Waals surface area contributed by atoms with Crippen molar-refractivity contribution >= 4 is 0 Å². The number of hydrogen-bond acceptors (Lipinski definition) is 0. The molecule has 9 heteroatoms. The van der Waals surface area contributed by atoms with Crippen LogP contribution in [0.15, 0.2) is 0 Å². The second kappa shape index (κ2) is 179. The van der Waals surface area contributed by atoms with Crippen LogP contribution < -0.4 is 84.3 Å². The van der Waals surface area contributed by atoms with Gasteiger partial charge in [-0.1, -0.05) is 0 Å². The van der Waals surface area contributed by atoms with Crippen molar-refractivity contribution in [1.29, 1.82) is 0 Å². The molecule has 9 heavy (non-hydrogen) atoms. The molecule has 0 aromatic heterocycles. The Morgan fingerprint density at radius 3 is 0.333 bits per heavy atom. The average molecular weight is 410 g/mol. The first-order valence-corrected chi connectivity index (χ1v) is 0. The Hall–Kier alpha value is 2.20. The summed E-state index contributed by atoms with van der Waals surface area (Å²) in [7, 11) is 0. The SMILES string of the molecule is [F-].[F-].[F-].[F-].[F-].[F-].[F-].[K+].[U+6]. The molecular weight excluding hydrogens is 410 g/mol. The van der Waals surface area contributed by atoms with Crippen molar-refractivity contribution in [1.82, 2.24) is 0 Å². The van der Waals surface area contributed by atoms with E-state index >= 15 is 0 Å². The molecule has 0 aromatic carbocycles. The Balaban J connectivity index is 0. The summed E-state index contributed by atoms with van der Waals surface area (Å²) in [4.78, 5) is 0. The zero-order valence-corrected chi connectivity index (χ0v) is 11.4. The first kappa shape index (κ1) is 241. The summed E-state index contributed by atoms with van der Waals surface area (Å²) in [6, 6.07) is 0. The maximum absolute atomic E-state index is 0. The third kappa shape index (κ3) is 142. The van der Waals surface area contributed by atoms with Crippen LogP contribution in [-0.2, 0) is 0 Å². The van der Waals surface area contributed by atoms with E-state index in [0.717, 1.165) is 0 Å². The van der Waals surface area contributed by atoms with Gasteiger partial charge in [-0.3, -0.25) is 0 Å². The van der Waals surface area contributed by atoms with E-state index in [4.69, 9.17) is 0 Å². The van der Waals surface area contributed by atoms with Crippen molar-refractivity contribution in [3.8, 4) is 0 Å². The van der Waals surface area contributed by atoms with Gasteiger partial charge < -0.3 is 32.9 Å². The minimum absolute atomic E-state index is 0. The molecule has 0 aliphatic heterocycles. The third-order valence-corrected chi connectivity index (χ3v) is 0. The van der Waals surface area contributed by atoms with E-state index in [2.05, 4.69) is 0 Å². The van der Waals surface area contributed by atoms with E-state index in [0.29, 0.717) is 0 Å². The van der Waals surface area contributed by atoms with Crippen LogP contribution in [0.25, 0.3) is 0 Å². The van der Waals surface area contributed by atoms with Gasteiger partial charge in [0.25, 0.3) is 0 Å². The molecule has 0 bridgehead atoms. The van der Waals surface area contributed by atoms with E-state index < -0.39 is 0 Å². The van der Waals surface area contributed by atoms with Gasteiger partial charge in [0.15, 0.2) is 0 Å². The van der Waals surface area contributed by atoms with Crippen molar-refractivity contribution in [2.45, 2.75) is 0 Å². The molecule has 0 unspecified atom stereocenters. The maximum atomic E-state index is 0. The van der Waals surface area contributed by atoms with E-state index in [1.807, 2.05) is 0 Å². The van der Waals surface area contributed by atoms with Crippen LogP contribution >= 0.6 is 0 Å². The van der Waals surface area contributed by atoms with Crippen molar-refractivity contribution < 1.29 is 115 Å². The minimum atomic E-state index is 0. The van der Waals surface area contributed by atoms with Crippen LogP contribution in [0.1, 0.15) is 0 Å². The van der Waals surface area contributed by atoms with Crippen LogP contribution in [0.5, 0.6) is 0 Å². The monoisotopic (exact) mass is 410 g/mol. The topological polar surface area (TPSA) is 0 Å². The van der Waals surface area contributed by atoms with Gasteiger partial charge in [-0.15, -0.1) is 0 Å². The zero-order chi connectivity index (χ0) is 0. The Bertz CT molecular complexity index is 8.88. The van der Waals surface area contributed by atoms with Crippen LogP contribution in [-0.4, -0.2) is 0 Å². The van der Waals surface area contributed by atoms with Crippen molar-refractivity contribution in [3.63, 3.8) is 0 Å². The van der Waals surface area contributed by atoms with E-state index in [9.17, 15) is 0 Å². The third-order valence-electron chi connectivity index (χ3n) is 0.